The number of sulfonamides is 1. The number of carbonyl (C=O) groups is 1. The number of benzene rings is 1. The molecule has 0 saturated carbocycles. The van der Waals surface area contributed by atoms with Crippen molar-refractivity contribution in [2.45, 2.75) is 42.9 Å². The number of hydrogen-bond donors (Lipinski definition) is 0. The molecule has 0 aliphatic carbocycles. The minimum atomic E-state index is -3.80. The number of hydrogen-bond acceptors (Lipinski definition) is 7. The Morgan fingerprint density at radius 3 is 2.68 bits per heavy atom. The zero-order valence-electron chi connectivity index (χ0n) is 19.5. The molecule has 1 atom stereocenters. The topological polar surface area (TPSA) is 73.8 Å². The van der Waals surface area contributed by atoms with E-state index < -0.39 is 16.1 Å². The van der Waals surface area contributed by atoms with Crippen LogP contribution in [-0.2, 0) is 21.2 Å². The molecule has 0 N–H and O–H groups in total. The van der Waals surface area contributed by atoms with Gasteiger partial charge in [-0.15, -0.1) is 11.3 Å². The Morgan fingerprint density at radius 1 is 1.21 bits per heavy atom. The van der Waals surface area contributed by atoms with E-state index in [2.05, 4.69) is 17.9 Å². The fourth-order valence-electron chi connectivity index (χ4n) is 4.25. The highest BCUT2D eigenvalue weighted by Gasteiger charge is 2.42. The van der Waals surface area contributed by atoms with Gasteiger partial charge in [0.05, 0.1) is 14.6 Å². The van der Waals surface area contributed by atoms with Crippen LogP contribution in [0.25, 0.3) is 10.2 Å². The van der Waals surface area contributed by atoms with Crippen molar-refractivity contribution < 1.29 is 13.2 Å². The summed E-state index contributed by atoms with van der Waals surface area (Å²) in [5.74, 6) is -0.209. The standard InChI is InChI=1S/C23H29ClN4O3S3/c1-4-16-8-5-10-18-21(16)25-23(32-18)27(14-7-13-26(2)3)22(29)17-9-6-15-28(17)34(30,31)20-12-11-19(24)33-20/h5,8,10-12,17H,4,6-7,9,13-15H2,1-3H3. The van der Waals surface area contributed by atoms with Gasteiger partial charge in [0.15, 0.2) is 5.13 Å². The summed E-state index contributed by atoms with van der Waals surface area (Å²) in [4.78, 5) is 22.5. The van der Waals surface area contributed by atoms with Gasteiger partial charge in [-0.05, 0) is 70.1 Å². The highest BCUT2D eigenvalue weighted by atomic mass is 35.5. The Hall–Kier alpha value is -1.56. The van der Waals surface area contributed by atoms with Crippen LogP contribution < -0.4 is 4.90 Å². The zero-order chi connectivity index (χ0) is 24.5. The molecule has 1 aromatic carbocycles. The molecule has 4 rings (SSSR count). The SMILES string of the molecule is CCc1cccc2sc(N(CCCN(C)C)C(=O)C3CCCN3S(=O)(=O)c3ccc(Cl)s3)nc12. The normalized spacial score (nSPS) is 17.1. The van der Waals surface area contributed by atoms with Gasteiger partial charge in [0.2, 0.25) is 5.91 Å². The Balaban J connectivity index is 1.67. The van der Waals surface area contributed by atoms with Crippen molar-refractivity contribution in [3.8, 4) is 0 Å². The maximum absolute atomic E-state index is 13.9. The molecule has 0 radical (unpaired) electrons. The first-order valence-corrected chi connectivity index (χ1v) is 14.8. The van der Waals surface area contributed by atoms with Crippen LogP contribution in [0.5, 0.6) is 0 Å². The summed E-state index contributed by atoms with van der Waals surface area (Å²) in [7, 11) is 0.187. The molecule has 11 heteroatoms. The molecule has 0 spiro atoms. The molecule has 7 nitrogen and oxygen atoms in total. The molecule has 184 valence electrons. The number of rotatable bonds is 9. The van der Waals surface area contributed by atoms with Crippen LogP contribution in [-0.4, -0.2) is 68.3 Å². The zero-order valence-corrected chi connectivity index (χ0v) is 22.7. The molecule has 1 aliphatic heterocycles. The molecule has 2 aromatic heterocycles. The summed E-state index contributed by atoms with van der Waals surface area (Å²) < 4.78 is 29.6. The van der Waals surface area contributed by atoms with Crippen molar-refractivity contribution in [1.29, 1.82) is 0 Å². The van der Waals surface area contributed by atoms with E-state index in [4.69, 9.17) is 16.6 Å². The average molecular weight is 541 g/mol. The highest BCUT2D eigenvalue weighted by Crippen LogP contribution is 2.35. The lowest BCUT2D eigenvalue weighted by atomic mass is 10.1. The molecule has 1 fully saturated rings. The average Bonchev–Trinajstić information content (AvgIpc) is 3.54. The van der Waals surface area contributed by atoms with E-state index in [0.29, 0.717) is 35.4 Å². The first-order valence-electron chi connectivity index (χ1n) is 11.3. The highest BCUT2D eigenvalue weighted by molar-refractivity contribution is 7.91. The monoisotopic (exact) mass is 540 g/mol. The number of aromatic nitrogens is 1. The Bertz CT molecular complexity index is 1270. The number of carbonyl (C=O) groups excluding carboxylic acids is 1. The largest absolute Gasteiger partial charge is 0.309 e. The van der Waals surface area contributed by atoms with Crippen LogP contribution in [0.2, 0.25) is 4.34 Å². The first-order chi connectivity index (χ1) is 16.2. The Kier molecular flexibility index (Phi) is 7.95. The third kappa shape index (κ3) is 5.17. The minimum absolute atomic E-state index is 0.170. The molecular weight excluding hydrogens is 512 g/mol. The van der Waals surface area contributed by atoms with E-state index in [1.807, 2.05) is 26.2 Å². The number of aryl methyl sites for hydroxylation is 1. The van der Waals surface area contributed by atoms with Gasteiger partial charge in [0.25, 0.3) is 10.0 Å². The fraction of sp³-hybridized carbons (Fsp3) is 0.478. The van der Waals surface area contributed by atoms with Crippen LogP contribution in [0, 0.1) is 0 Å². The fourth-order valence-corrected chi connectivity index (χ4v) is 8.55. The summed E-state index contributed by atoms with van der Waals surface area (Å²) in [6.07, 6.45) is 2.75. The molecule has 1 saturated heterocycles. The lowest BCUT2D eigenvalue weighted by molar-refractivity contribution is -0.121. The maximum Gasteiger partial charge on any atom is 0.253 e. The maximum atomic E-state index is 13.9. The molecule has 3 aromatic rings. The second-order valence-corrected chi connectivity index (χ2v) is 13.4. The van der Waals surface area contributed by atoms with E-state index in [1.165, 1.54) is 21.7 Å². The van der Waals surface area contributed by atoms with Crippen molar-refractivity contribution in [3.63, 3.8) is 0 Å². The number of amides is 1. The lowest BCUT2D eigenvalue weighted by Crippen LogP contribution is -2.48. The van der Waals surface area contributed by atoms with E-state index in [1.54, 1.807) is 11.0 Å². The van der Waals surface area contributed by atoms with Gasteiger partial charge in [0, 0.05) is 13.1 Å². The van der Waals surface area contributed by atoms with Gasteiger partial charge in [-0.1, -0.05) is 42.0 Å². The number of nitrogens with zero attached hydrogens (tertiary/aromatic N) is 4. The summed E-state index contributed by atoms with van der Waals surface area (Å²) in [6.45, 7) is 3.70. The molecule has 1 unspecified atom stereocenters. The second-order valence-electron chi connectivity index (χ2n) is 8.59. The molecule has 34 heavy (non-hydrogen) atoms. The van der Waals surface area contributed by atoms with Gasteiger partial charge < -0.3 is 4.90 Å². The summed E-state index contributed by atoms with van der Waals surface area (Å²) in [6, 6.07) is 8.43. The third-order valence-corrected chi connectivity index (χ3v) is 10.6. The second kappa shape index (κ2) is 10.6. The van der Waals surface area contributed by atoms with Crippen molar-refractivity contribution in [1.82, 2.24) is 14.2 Å². The van der Waals surface area contributed by atoms with Crippen LogP contribution in [0.15, 0.2) is 34.5 Å². The van der Waals surface area contributed by atoms with Gasteiger partial charge in [-0.25, -0.2) is 13.4 Å². The van der Waals surface area contributed by atoms with E-state index in [0.717, 1.165) is 46.5 Å². The van der Waals surface area contributed by atoms with E-state index in [-0.39, 0.29) is 10.1 Å². The molecular formula is C23H29ClN4O3S3. The quantitative estimate of drug-likeness (QED) is 0.393. The van der Waals surface area contributed by atoms with Gasteiger partial charge in [0.1, 0.15) is 10.3 Å². The third-order valence-electron chi connectivity index (χ3n) is 5.96. The number of para-hydroxylation sites is 1. The van der Waals surface area contributed by atoms with Crippen LogP contribution in [0.1, 0.15) is 31.7 Å². The van der Waals surface area contributed by atoms with Crippen LogP contribution >= 0.6 is 34.3 Å². The minimum Gasteiger partial charge on any atom is -0.309 e. The van der Waals surface area contributed by atoms with Gasteiger partial charge in [-0.3, -0.25) is 9.69 Å². The lowest BCUT2D eigenvalue weighted by Gasteiger charge is -2.28. The number of anilines is 1. The predicted octanol–water partition coefficient (Wildman–Crippen LogP) is 4.71. The summed E-state index contributed by atoms with van der Waals surface area (Å²) in [5, 5.41) is 0.628. The summed E-state index contributed by atoms with van der Waals surface area (Å²) >= 11 is 8.50. The van der Waals surface area contributed by atoms with Crippen molar-refractivity contribution in [3.05, 3.63) is 40.2 Å². The number of thiophene rings is 1. The molecule has 1 aliphatic rings. The Labute approximate surface area is 214 Å². The van der Waals surface area contributed by atoms with E-state index >= 15 is 0 Å². The van der Waals surface area contributed by atoms with Crippen LogP contribution in [0.3, 0.4) is 0 Å². The van der Waals surface area contributed by atoms with Crippen molar-refractivity contribution in [2.24, 2.45) is 0 Å². The number of thiazole rings is 1. The Morgan fingerprint density at radius 2 is 2.00 bits per heavy atom. The van der Waals surface area contributed by atoms with Gasteiger partial charge >= 0.3 is 0 Å². The van der Waals surface area contributed by atoms with E-state index in [9.17, 15) is 13.2 Å². The van der Waals surface area contributed by atoms with Crippen molar-refractivity contribution >= 4 is 65.6 Å². The predicted molar refractivity (Wildman–Crippen MR) is 141 cm³/mol. The first kappa shape index (κ1) is 25.5. The molecule has 3 heterocycles. The number of halogens is 1. The van der Waals surface area contributed by atoms with Crippen molar-refractivity contribution in [2.75, 3.05) is 38.6 Å². The van der Waals surface area contributed by atoms with Gasteiger partial charge in [-0.2, -0.15) is 4.31 Å². The number of fused-ring (bicyclic) bond motifs is 1. The van der Waals surface area contributed by atoms with Crippen LogP contribution in [0.4, 0.5) is 5.13 Å². The molecule has 1 amide bonds. The smallest absolute Gasteiger partial charge is 0.253 e. The molecule has 0 bridgehead atoms. The summed E-state index contributed by atoms with van der Waals surface area (Å²) in [5.41, 5.74) is 2.06.